The van der Waals surface area contributed by atoms with E-state index in [1.54, 1.807) is 9.80 Å². The van der Waals surface area contributed by atoms with Gasteiger partial charge in [-0.15, -0.1) is 0 Å². The second-order valence-corrected chi connectivity index (χ2v) is 8.13. The van der Waals surface area contributed by atoms with Crippen LogP contribution in [0, 0.1) is 0 Å². The molecule has 0 unspecified atom stereocenters. The summed E-state index contributed by atoms with van der Waals surface area (Å²) >= 11 is 0. The molecule has 2 aliphatic heterocycles. The van der Waals surface area contributed by atoms with Gasteiger partial charge in [0.15, 0.2) is 0 Å². The van der Waals surface area contributed by atoms with Gasteiger partial charge >= 0.3 is 12.2 Å². The largest absolute Gasteiger partial charge is 0.416 e. The summed E-state index contributed by atoms with van der Waals surface area (Å²) in [5, 5.41) is 0. The molecule has 0 bridgehead atoms. The van der Waals surface area contributed by atoms with Gasteiger partial charge in [-0.25, -0.2) is 4.79 Å². The zero-order valence-electron chi connectivity index (χ0n) is 17.6. The third-order valence-corrected chi connectivity index (χ3v) is 6.09. The molecule has 0 N–H and O–H groups in total. The van der Waals surface area contributed by atoms with Crippen LogP contribution in [0.25, 0.3) is 0 Å². The van der Waals surface area contributed by atoms with E-state index in [1.807, 2.05) is 12.1 Å². The number of anilines is 2. The Morgan fingerprint density at radius 3 is 2.23 bits per heavy atom. The number of carbonyl (C=O) groups excluding carboxylic acids is 1. The summed E-state index contributed by atoms with van der Waals surface area (Å²) in [5.74, 6) is 0. The molecular weight excluding hydrogens is 405 g/mol. The minimum absolute atomic E-state index is 0.156. The number of carbonyl (C=O) groups is 1. The predicted molar refractivity (Wildman–Crippen MR) is 116 cm³/mol. The summed E-state index contributed by atoms with van der Waals surface area (Å²) in [6.45, 7) is 5.65. The van der Waals surface area contributed by atoms with Crippen LogP contribution in [0.3, 0.4) is 0 Å². The first-order valence-electron chi connectivity index (χ1n) is 10.6. The van der Waals surface area contributed by atoms with Crippen LogP contribution in [0.2, 0.25) is 0 Å². The van der Waals surface area contributed by atoms with E-state index in [2.05, 4.69) is 29.0 Å². The number of piperazine rings is 1. The topological polar surface area (TPSA) is 30.0 Å². The van der Waals surface area contributed by atoms with Crippen molar-refractivity contribution in [2.75, 3.05) is 62.7 Å². The van der Waals surface area contributed by atoms with Gasteiger partial charge in [0.05, 0.1) is 5.56 Å². The van der Waals surface area contributed by atoms with Crippen molar-refractivity contribution in [1.29, 1.82) is 0 Å². The number of nitrogens with zero attached hydrogens (tertiary/aromatic N) is 4. The fourth-order valence-electron chi connectivity index (χ4n) is 4.19. The minimum atomic E-state index is -4.38. The van der Waals surface area contributed by atoms with Gasteiger partial charge in [0.25, 0.3) is 0 Å². The normalized spacial score (nSPS) is 18.2. The SMILES string of the molecule is CN1CCN(c2ccccc2CCN2CCN(c3ccc(C(F)(F)F)cc3)C2=O)CC1. The highest BCUT2D eigenvalue weighted by molar-refractivity contribution is 5.94. The molecule has 0 aromatic heterocycles. The van der Waals surface area contributed by atoms with Crippen LogP contribution in [-0.2, 0) is 12.6 Å². The number of benzene rings is 2. The van der Waals surface area contributed by atoms with E-state index in [1.165, 1.54) is 23.4 Å². The maximum Gasteiger partial charge on any atom is 0.416 e. The van der Waals surface area contributed by atoms with Gasteiger partial charge in [-0.3, -0.25) is 4.90 Å². The molecule has 0 spiro atoms. The third kappa shape index (κ3) is 4.79. The molecule has 2 aromatic rings. The Kier molecular flexibility index (Phi) is 6.09. The van der Waals surface area contributed by atoms with Crippen molar-refractivity contribution in [3.8, 4) is 0 Å². The van der Waals surface area contributed by atoms with Crippen molar-refractivity contribution in [3.05, 3.63) is 59.7 Å². The first-order chi connectivity index (χ1) is 14.8. The molecule has 8 heteroatoms. The molecule has 166 valence electrons. The Hall–Kier alpha value is -2.74. The lowest BCUT2D eigenvalue weighted by molar-refractivity contribution is -0.137. The van der Waals surface area contributed by atoms with E-state index in [0.717, 1.165) is 44.7 Å². The van der Waals surface area contributed by atoms with Crippen molar-refractivity contribution in [3.63, 3.8) is 0 Å². The molecule has 2 aliphatic rings. The summed E-state index contributed by atoms with van der Waals surface area (Å²) in [6.07, 6.45) is -3.63. The van der Waals surface area contributed by atoms with E-state index >= 15 is 0 Å². The highest BCUT2D eigenvalue weighted by Gasteiger charge is 2.32. The van der Waals surface area contributed by atoms with E-state index in [9.17, 15) is 18.0 Å². The highest BCUT2D eigenvalue weighted by atomic mass is 19.4. The van der Waals surface area contributed by atoms with Gasteiger partial charge in [-0.2, -0.15) is 13.2 Å². The van der Waals surface area contributed by atoms with Gasteiger partial charge in [0.1, 0.15) is 0 Å². The molecule has 5 nitrogen and oxygen atoms in total. The molecular formula is C23H27F3N4O. The number of likely N-dealkylation sites (N-methyl/N-ethyl adjacent to an activating group) is 1. The molecule has 31 heavy (non-hydrogen) atoms. The highest BCUT2D eigenvalue weighted by Crippen LogP contribution is 2.31. The number of urea groups is 1. The fraction of sp³-hybridized carbons (Fsp3) is 0.435. The van der Waals surface area contributed by atoms with Crippen LogP contribution >= 0.6 is 0 Å². The van der Waals surface area contributed by atoms with Crippen LogP contribution < -0.4 is 9.80 Å². The van der Waals surface area contributed by atoms with Crippen LogP contribution in [0.4, 0.5) is 29.3 Å². The molecule has 0 atom stereocenters. The zero-order valence-corrected chi connectivity index (χ0v) is 17.6. The Labute approximate surface area is 180 Å². The maximum atomic E-state index is 12.8. The smallest absolute Gasteiger partial charge is 0.369 e. The second-order valence-electron chi connectivity index (χ2n) is 8.13. The van der Waals surface area contributed by atoms with Crippen LogP contribution in [0.15, 0.2) is 48.5 Å². The number of amides is 2. The van der Waals surface area contributed by atoms with Gasteiger partial charge in [-0.05, 0) is 49.4 Å². The number of hydrogen-bond acceptors (Lipinski definition) is 3. The molecule has 4 rings (SSSR count). The summed E-state index contributed by atoms with van der Waals surface area (Å²) in [4.78, 5) is 20.9. The summed E-state index contributed by atoms with van der Waals surface area (Å²) in [7, 11) is 2.13. The lowest BCUT2D eigenvalue weighted by Crippen LogP contribution is -2.44. The zero-order chi connectivity index (χ0) is 22.0. The molecule has 0 radical (unpaired) electrons. The van der Waals surface area contributed by atoms with E-state index < -0.39 is 11.7 Å². The Morgan fingerprint density at radius 2 is 1.55 bits per heavy atom. The van der Waals surface area contributed by atoms with Crippen LogP contribution in [0.1, 0.15) is 11.1 Å². The summed E-state index contributed by atoms with van der Waals surface area (Å²) in [5.41, 5.74) is 2.23. The standard InChI is InChI=1S/C23H27F3N4O/c1-27-12-14-28(15-13-27)21-5-3-2-4-18(21)10-11-29-16-17-30(22(29)31)20-8-6-19(7-9-20)23(24,25)26/h2-9H,10-17H2,1H3. The lowest BCUT2D eigenvalue weighted by atomic mass is 10.1. The summed E-state index contributed by atoms with van der Waals surface area (Å²) in [6, 6.07) is 13.0. The predicted octanol–water partition coefficient (Wildman–Crippen LogP) is 3.94. The monoisotopic (exact) mass is 432 g/mol. The van der Waals surface area contributed by atoms with Gasteiger partial charge in [0, 0.05) is 57.2 Å². The third-order valence-electron chi connectivity index (χ3n) is 6.09. The van der Waals surface area contributed by atoms with Crippen molar-refractivity contribution in [2.24, 2.45) is 0 Å². The number of alkyl halides is 3. The van der Waals surface area contributed by atoms with Crippen molar-refractivity contribution in [1.82, 2.24) is 9.80 Å². The van der Waals surface area contributed by atoms with Gasteiger partial charge < -0.3 is 14.7 Å². The average molecular weight is 432 g/mol. The van der Waals surface area contributed by atoms with Gasteiger partial charge in [-0.1, -0.05) is 18.2 Å². The molecule has 2 heterocycles. The first kappa shape index (κ1) is 21.5. The van der Waals surface area contributed by atoms with Crippen LogP contribution in [0.5, 0.6) is 0 Å². The fourth-order valence-corrected chi connectivity index (χ4v) is 4.19. The number of rotatable bonds is 5. The second kappa shape index (κ2) is 8.78. The Bertz CT molecular complexity index is 908. The molecule has 2 aromatic carbocycles. The van der Waals surface area contributed by atoms with E-state index in [4.69, 9.17) is 0 Å². The molecule has 2 saturated heterocycles. The van der Waals surface area contributed by atoms with E-state index in [-0.39, 0.29) is 6.03 Å². The van der Waals surface area contributed by atoms with Crippen molar-refractivity contribution >= 4 is 17.4 Å². The van der Waals surface area contributed by atoms with Crippen molar-refractivity contribution in [2.45, 2.75) is 12.6 Å². The molecule has 0 aliphatic carbocycles. The van der Waals surface area contributed by atoms with Crippen LogP contribution in [-0.4, -0.2) is 68.7 Å². The minimum Gasteiger partial charge on any atom is -0.369 e. The number of para-hydroxylation sites is 1. The molecule has 2 fully saturated rings. The van der Waals surface area contributed by atoms with Gasteiger partial charge in [0.2, 0.25) is 0 Å². The number of hydrogen-bond donors (Lipinski definition) is 0. The Morgan fingerprint density at radius 1 is 0.871 bits per heavy atom. The number of halogens is 3. The first-order valence-corrected chi connectivity index (χ1v) is 10.6. The van der Waals surface area contributed by atoms with E-state index in [0.29, 0.717) is 25.3 Å². The molecule has 2 amide bonds. The summed E-state index contributed by atoms with van der Waals surface area (Å²) < 4.78 is 38.4. The van der Waals surface area contributed by atoms with Crippen molar-refractivity contribution < 1.29 is 18.0 Å². The molecule has 0 saturated carbocycles. The lowest BCUT2D eigenvalue weighted by Gasteiger charge is -2.35. The quantitative estimate of drug-likeness (QED) is 0.717. The Balaban J connectivity index is 1.39. The maximum absolute atomic E-state index is 12.8. The average Bonchev–Trinajstić information content (AvgIpc) is 3.13.